The molecule has 0 saturated carbocycles. The Bertz CT molecular complexity index is 767. The summed E-state index contributed by atoms with van der Waals surface area (Å²) in [5.74, 6) is 1.07. The smallest absolute Gasteiger partial charge is 0.171 e. The van der Waals surface area contributed by atoms with E-state index in [9.17, 15) is 9.59 Å². The lowest BCUT2D eigenvalue weighted by molar-refractivity contribution is -0.117. The van der Waals surface area contributed by atoms with Crippen molar-refractivity contribution in [2.45, 2.75) is 39.5 Å². The maximum atomic E-state index is 12.9. The fraction of sp³-hybridized carbons (Fsp3) is 0.474. The SMILES string of the molecule is COc1cc2c(cc1C)C(=O)C1C3=C(C(=O)CCC3(C)C)C21. The number of carbonyl (C=O) groups is 2. The summed E-state index contributed by atoms with van der Waals surface area (Å²) in [6, 6.07) is 3.89. The van der Waals surface area contributed by atoms with Crippen LogP contribution < -0.4 is 4.74 Å². The van der Waals surface area contributed by atoms with E-state index in [1.807, 2.05) is 19.1 Å². The largest absolute Gasteiger partial charge is 0.496 e. The summed E-state index contributed by atoms with van der Waals surface area (Å²) < 4.78 is 5.40. The van der Waals surface area contributed by atoms with Crippen LogP contribution in [0.25, 0.3) is 0 Å². The quantitative estimate of drug-likeness (QED) is 0.795. The molecule has 0 aromatic heterocycles. The van der Waals surface area contributed by atoms with E-state index in [2.05, 4.69) is 13.8 Å². The van der Waals surface area contributed by atoms with E-state index in [0.717, 1.165) is 40.0 Å². The van der Waals surface area contributed by atoms with Crippen LogP contribution in [0.15, 0.2) is 23.3 Å². The number of rotatable bonds is 1. The van der Waals surface area contributed by atoms with E-state index in [4.69, 9.17) is 4.74 Å². The predicted molar refractivity (Wildman–Crippen MR) is 83.3 cm³/mol. The van der Waals surface area contributed by atoms with Crippen molar-refractivity contribution in [2.24, 2.45) is 11.3 Å². The number of benzene rings is 1. The number of methoxy groups -OCH3 is 1. The molecule has 3 aliphatic rings. The third-order valence-electron chi connectivity index (χ3n) is 5.70. The van der Waals surface area contributed by atoms with Gasteiger partial charge in [-0.15, -0.1) is 0 Å². The van der Waals surface area contributed by atoms with Crippen molar-refractivity contribution in [1.82, 2.24) is 0 Å². The first kappa shape index (κ1) is 13.7. The number of carbonyl (C=O) groups excluding carboxylic acids is 2. The maximum absolute atomic E-state index is 12.9. The molecular weight excluding hydrogens is 276 g/mol. The zero-order chi connectivity index (χ0) is 15.8. The number of aryl methyl sites for hydroxylation is 1. The summed E-state index contributed by atoms with van der Waals surface area (Å²) in [5, 5.41) is 0. The van der Waals surface area contributed by atoms with Gasteiger partial charge in [0, 0.05) is 23.5 Å². The number of allylic oxidation sites excluding steroid dienone is 2. The molecule has 1 aromatic carbocycles. The van der Waals surface area contributed by atoms with Gasteiger partial charge in [-0.3, -0.25) is 9.59 Å². The van der Waals surface area contributed by atoms with Crippen molar-refractivity contribution < 1.29 is 14.3 Å². The minimum absolute atomic E-state index is 0.0286. The maximum Gasteiger partial charge on any atom is 0.171 e. The number of fused-ring (bicyclic) bond motifs is 5. The third-order valence-corrected chi connectivity index (χ3v) is 5.70. The van der Waals surface area contributed by atoms with Gasteiger partial charge in [0.1, 0.15) is 5.75 Å². The molecule has 1 aromatic rings. The molecule has 0 fully saturated rings. The molecule has 3 nitrogen and oxygen atoms in total. The lowest BCUT2D eigenvalue weighted by Crippen LogP contribution is -2.43. The second-order valence-electron chi connectivity index (χ2n) is 7.36. The van der Waals surface area contributed by atoms with Crippen LogP contribution in [0, 0.1) is 18.3 Å². The van der Waals surface area contributed by atoms with Gasteiger partial charge in [-0.25, -0.2) is 0 Å². The Labute approximate surface area is 130 Å². The van der Waals surface area contributed by atoms with Gasteiger partial charge >= 0.3 is 0 Å². The van der Waals surface area contributed by atoms with Crippen molar-refractivity contribution in [3.05, 3.63) is 40.0 Å². The van der Waals surface area contributed by atoms with Gasteiger partial charge in [0.2, 0.25) is 0 Å². The van der Waals surface area contributed by atoms with E-state index >= 15 is 0 Å². The molecule has 4 rings (SSSR count). The van der Waals surface area contributed by atoms with Gasteiger partial charge in [-0.05, 0) is 47.6 Å². The summed E-state index contributed by atoms with van der Waals surface area (Å²) in [6.45, 7) is 6.27. The Hall–Kier alpha value is -1.90. The van der Waals surface area contributed by atoms with Gasteiger partial charge in [0.15, 0.2) is 11.6 Å². The van der Waals surface area contributed by atoms with E-state index in [0.29, 0.717) is 6.42 Å². The van der Waals surface area contributed by atoms with E-state index < -0.39 is 0 Å². The summed E-state index contributed by atoms with van der Waals surface area (Å²) in [7, 11) is 1.64. The highest BCUT2D eigenvalue weighted by Crippen LogP contribution is 2.63. The average Bonchev–Trinajstić information content (AvgIpc) is 2.64. The van der Waals surface area contributed by atoms with Gasteiger partial charge < -0.3 is 4.74 Å². The fourth-order valence-electron chi connectivity index (χ4n) is 4.56. The molecule has 22 heavy (non-hydrogen) atoms. The zero-order valence-electron chi connectivity index (χ0n) is 13.4. The minimum Gasteiger partial charge on any atom is -0.496 e. The standard InChI is InChI=1S/C19H20O3/c1-9-7-11-10(8-13(9)22-4)14-15-12(20)5-6-19(2,3)17(15)16(14)18(11)21/h7-8,14,16H,5-6H2,1-4H3. The Morgan fingerprint density at radius 3 is 2.59 bits per heavy atom. The number of ether oxygens (including phenoxy) is 1. The molecule has 0 radical (unpaired) electrons. The number of hydrogen-bond acceptors (Lipinski definition) is 3. The highest BCUT2D eigenvalue weighted by atomic mass is 16.5. The van der Waals surface area contributed by atoms with Crippen LogP contribution in [0.2, 0.25) is 0 Å². The van der Waals surface area contributed by atoms with E-state index in [1.165, 1.54) is 0 Å². The van der Waals surface area contributed by atoms with Crippen LogP contribution in [0.3, 0.4) is 0 Å². The second-order valence-corrected chi connectivity index (χ2v) is 7.36. The average molecular weight is 296 g/mol. The molecular formula is C19H20O3. The van der Waals surface area contributed by atoms with Crippen molar-refractivity contribution in [1.29, 1.82) is 0 Å². The molecule has 3 aliphatic carbocycles. The van der Waals surface area contributed by atoms with Crippen molar-refractivity contribution in [3.8, 4) is 5.75 Å². The highest BCUT2D eigenvalue weighted by molar-refractivity contribution is 6.14. The Morgan fingerprint density at radius 2 is 1.91 bits per heavy atom. The minimum atomic E-state index is -0.115. The van der Waals surface area contributed by atoms with Crippen LogP contribution in [-0.4, -0.2) is 18.7 Å². The van der Waals surface area contributed by atoms with Crippen molar-refractivity contribution in [2.75, 3.05) is 7.11 Å². The van der Waals surface area contributed by atoms with Gasteiger partial charge in [-0.1, -0.05) is 13.8 Å². The summed E-state index contributed by atoms with van der Waals surface area (Å²) in [6.07, 6.45) is 1.45. The zero-order valence-corrected chi connectivity index (χ0v) is 13.4. The third kappa shape index (κ3) is 1.47. The Morgan fingerprint density at radius 1 is 1.18 bits per heavy atom. The molecule has 114 valence electrons. The van der Waals surface area contributed by atoms with Crippen LogP contribution in [-0.2, 0) is 4.79 Å². The summed E-state index contributed by atoms with van der Waals surface area (Å²) in [4.78, 5) is 25.3. The number of ketones is 2. The summed E-state index contributed by atoms with van der Waals surface area (Å²) >= 11 is 0. The van der Waals surface area contributed by atoms with Crippen LogP contribution in [0.4, 0.5) is 0 Å². The Balaban J connectivity index is 1.92. The van der Waals surface area contributed by atoms with Crippen molar-refractivity contribution >= 4 is 11.6 Å². The normalized spacial score (nSPS) is 28.0. The van der Waals surface area contributed by atoms with Gasteiger partial charge in [0.25, 0.3) is 0 Å². The molecule has 2 unspecified atom stereocenters. The molecule has 0 aliphatic heterocycles. The van der Waals surface area contributed by atoms with Crippen LogP contribution in [0.5, 0.6) is 5.75 Å². The molecule has 0 heterocycles. The lowest BCUT2D eigenvalue weighted by atomic mass is 9.54. The van der Waals surface area contributed by atoms with E-state index in [-0.39, 0.29) is 28.8 Å². The fourth-order valence-corrected chi connectivity index (χ4v) is 4.56. The molecule has 0 amide bonds. The monoisotopic (exact) mass is 296 g/mol. The van der Waals surface area contributed by atoms with Crippen LogP contribution >= 0.6 is 0 Å². The molecule has 0 saturated heterocycles. The number of hydrogen-bond donors (Lipinski definition) is 0. The van der Waals surface area contributed by atoms with E-state index in [1.54, 1.807) is 7.11 Å². The lowest BCUT2D eigenvalue weighted by Gasteiger charge is -2.47. The molecule has 0 spiro atoms. The second kappa shape index (κ2) is 4.09. The predicted octanol–water partition coefficient (Wildman–Crippen LogP) is 3.60. The van der Waals surface area contributed by atoms with Crippen molar-refractivity contribution in [3.63, 3.8) is 0 Å². The van der Waals surface area contributed by atoms with Gasteiger partial charge in [0.05, 0.1) is 13.0 Å². The number of Topliss-reactive ketones (excluding diaryl/α,β-unsaturated/α-hetero) is 2. The topological polar surface area (TPSA) is 43.4 Å². The molecule has 2 atom stereocenters. The molecule has 0 N–H and O–H groups in total. The Kier molecular flexibility index (Phi) is 2.56. The first-order valence-electron chi connectivity index (χ1n) is 7.87. The molecule has 0 bridgehead atoms. The first-order valence-corrected chi connectivity index (χ1v) is 7.87. The molecule has 3 heteroatoms. The summed E-state index contributed by atoms with van der Waals surface area (Å²) in [5.41, 5.74) is 4.72. The highest BCUT2D eigenvalue weighted by Gasteiger charge is 2.58. The first-order chi connectivity index (χ1) is 10.4. The van der Waals surface area contributed by atoms with Crippen LogP contribution in [0.1, 0.15) is 54.1 Å². The van der Waals surface area contributed by atoms with Gasteiger partial charge in [-0.2, -0.15) is 0 Å².